The Kier molecular flexibility index (Phi) is 9.79. The standard InChI is InChI=1S/C64H56N6/c1-64-41-45(33-37-54(64)52-36-35-47(40-60(52)70(64)46-23-9-4-10-24-46)68-55-29-15-11-25-48(55)49-26-12-16-30-56(49)68)53-39-44(34-38-59(53)69-57-31-17-13-27-50(57)51-28-14-18-32-58(51)69)63-66-61(42-19-5-2-6-20-42)65-62(67-63)43-21-7-3-8-22-43/h2-32,40,44-45,53-54,59H,33-39,41H2,1H3. The molecular formula is C64H56N6. The van der Waals surface area contributed by atoms with Crippen molar-refractivity contribution >= 4 is 55.0 Å². The molecule has 6 heteroatoms. The number of benzene rings is 7. The second-order valence-electron chi connectivity index (χ2n) is 20.8. The van der Waals surface area contributed by atoms with E-state index in [1.54, 1.807) is 5.57 Å². The first kappa shape index (κ1) is 41.4. The number of hydrogen-bond donors (Lipinski definition) is 0. The molecule has 3 aliphatic carbocycles. The Labute approximate surface area is 409 Å². The van der Waals surface area contributed by atoms with Crippen LogP contribution in [0.1, 0.15) is 76.1 Å². The first-order chi connectivity index (χ1) is 34.6. The topological polar surface area (TPSA) is 51.8 Å². The average molecular weight is 909 g/mol. The number of allylic oxidation sites excluding steroid dienone is 2. The highest BCUT2D eigenvalue weighted by Crippen LogP contribution is 2.60. The summed E-state index contributed by atoms with van der Waals surface area (Å²) in [6, 6.07) is 68.9. The third-order valence-electron chi connectivity index (χ3n) is 17.1. The molecular weight excluding hydrogens is 853 g/mol. The van der Waals surface area contributed by atoms with Crippen LogP contribution >= 0.6 is 0 Å². The molecule has 0 spiro atoms. The fraction of sp³-hybridized carbons (Fsp3) is 0.234. The largest absolute Gasteiger partial charge is 0.337 e. The van der Waals surface area contributed by atoms with E-state index in [1.165, 1.54) is 73.5 Å². The van der Waals surface area contributed by atoms with Gasteiger partial charge in [0.05, 0.1) is 11.0 Å². The summed E-state index contributed by atoms with van der Waals surface area (Å²) < 4.78 is 5.34. The minimum absolute atomic E-state index is 0.103. The minimum atomic E-state index is -0.103. The Hall–Kier alpha value is -7.57. The lowest BCUT2D eigenvalue weighted by Crippen LogP contribution is -2.52. The fourth-order valence-electron chi connectivity index (χ4n) is 14.2. The molecule has 0 N–H and O–H groups in total. The summed E-state index contributed by atoms with van der Waals surface area (Å²) in [5.41, 5.74) is 13.0. The van der Waals surface area contributed by atoms with Gasteiger partial charge in [-0.15, -0.1) is 0 Å². The molecule has 70 heavy (non-hydrogen) atoms. The van der Waals surface area contributed by atoms with Gasteiger partial charge in [-0.25, -0.2) is 15.0 Å². The van der Waals surface area contributed by atoms with Gasteiger partial charge < -0.3 is 14.0 Å². The van der Waals surface area contributed by atoms with Crippen molar-refractivity contribution in [3.05, 3.63) is 211 Å². The number of fused-ring (bicyclic) bond motifs is 8. The SMILES string of the molecule is CC12CC(C3CC(c4nc(-c5ccccc5)nc(-c5ccccc5)n4)CCC3n3c4ccccc4c4ccccc43)CCC1C1=C(C=C(n3c4ccccc4c4ccccc43)CC1)N2c1ccccc1. The van der Waals surface area contributed by atoms with Crippen LogP contribution in [0.15, 0.2) is 205 Å². The van der Waals surface area contributed by atoms with Crippen LogP contribution in [0.3, 0.4) is 0 Å². The second kappa shape index (κ2) is 16.5. The lowest BCUT2D eigenvalue weighted by Gasteiger charge is -2.51. The van der Waals surface area contributed by atoms with Crippen molar-refractivity contribution in [2.24, 2.45) is 17.8 Å². The molecule has 4 heterocycles. The van der Waals surface area contributed by atoms with E-state index in [-0.39, 0.29) is 11.5 Å². The molecule has 6 nitrogen and oxygen atoms in total. The molecule has 342 valence electrons. The number of rotatable bonds is 7. The molecule has 6 unspecified atom stereocenters. The molecule has 0 amide bonds. The smallest absolute Gasteiger partial charge is 0.163 e. The lowest BCUT2D eigenvalue weighted by molar-refractivity contribution is 0.0814. The van der Waals surface area contributed by atoms with E-state index in [0.717, 1.165) is 67.1 Å². The van der Waals surface area contributed by atoms with Crippen LogP contribution in [-0.2, 0) is 0 Å². The average Bonchev–Trinajstić information content (AvgIpc) is 4.04. The minimum Gasteiger partial charge on any atom is -0.337 e. The van der Waals surface area contributed by atoms with Gasteiger partial charge in [0.2, 0.25) is 0 Å². The molecule has 10 aromatic rings. The zero-order chi connectivity index (χ0) is 46.3. The number of anilines is 1. The van der Waals surface area contributed by atoms with Gasteiger partial charge in [-0.1, -0.05) is 152 Å². The molecule has 2 saturated carbocycles. The van der Waals surface area contributed by atoms with Gasteiger partial charge in [0.1, 0.15) is 5.82 Å². The summed E-state index contributed by atoms with van der Waals surface area (Å²) in [6.07, 6.45) is 11.3. The molecule has 0 saturated heterocycles. The zero-order valence-electron chi connectivity index (χ0n) is 39.7. The second-order valence-corrected chi connectivity index (χ2v) is 20.8. The Morgan fingerprint density at radius 3 is 1.60 bits per heavy atom. The third kappa shape index (κ3) is 6.56. The summed E-state index contributed by atoms with van der Waals surface area (Å²) in [5.74, 6) is 4.00. The molecule has 3 aromatic heterocycles. The molecule has 0 radical (unpaired) electrons. The molecule has 6 atom stereocenters. The van der Waals surface area contributed by atoms with Gasteiger partial charge in [0.15, 0.2) is 11.6 Å². The Morgan fingerprint density at radius 1 is 0.500 bits per heavy atom. The van der Waals surface area contributed by atoms with Crippen LogP contribution in [0.5, 0.6) is 0 Å². The number of nitrogens with zero attached hydrogens (tertiary/aromatic N) is 6. The summed E-state index contributed by atoms with van der Waals surface area (Å²) in [7, 11) is 0. The van der Waals surface area contributed by atoms with Crippen LogP contribution in [0.2, 0.25) is 0 Å². The van der Waals surface area contributed by atoms with Crippen molar-refractivity contribution < 1.29 is 0 Å². The van der Waals surface area contributed by atoms with Crippen LogP contribution < -0.4 is 4.90 Å². The van der Waals surface area contributed by atoms with Gasteiger partial charge in [0, 0.05) is 84.2 Å². The maximum atomic E-state index is 5.40. The summed E-state index contributed by atoms with van der Waals surface area (Å²) in [5, 5.41) is 5.34. The normalized spacial score (nSPS) is 23.5. The first-order valence-electron chi connectivity index (χ1n) is 25.7. The molecule has 7 aromatic carbocycles. The highest BCUT2D eigenvalue weighted by Gasteiger charge is 2.55. The number of aromatic nitrogens is 5. The highest BCUT2D eigenvalue weighted by molar-refractivity contribution is 6.10. The van der Waals surface area contributed by atoms with E-state index < -0.39 is 0 Å². The molecule has 14 rings (SSSR count). The van der Waals surface area contributed by atoms with E-state index in [0.29, 0.717) is 23.8 Å². The van der Waals surface area contributed by atoms with Crippen molar-refractivity contribution in [2.45, 2.75) is 75.8 Å². The van der Waals surface area contributed by atoms with E-state index in [2.05, 4.69) is 215 Å². The van der Waals surface area contributed by atoms with Gasteiger partial charge in [0.25, 0.3) is 0 Å². The van der Waals surface area contributed by atoms with Crippen LogP contribution in [0.25, 0.3) is 72.1 Å². The van der Waals surface area contributed by atoms with Gasteiger partial charge in [-0.3, -0.25) is 0 Å². The Morgan fingerprint density at radius 2 is 1.01 bits per heavy atom. The van der Waals surface area contributed by atoms with Crippen molar-refractivity contribution in [1.29, 1.82) is 0 Å². The van der Waals surface area contributed by atoms with Gasteiger partial charge in [-0.05, 0) is 118 Å². The Bertz CT molecular complexity index is 3510. The van der Waals surface area contributed by atoms with Crippen molar-refractivity contribution in [3.8, 4) is 22.8 Å². The molecule has 0 bridgehead atoms. The van der Waals surface area contributed by atoms with E-state index >= 15 is 0 Å². The maximum absolute atomic E-state index is 5.40. The molecule has 1 aliphatic heterocycles. The van der Waals surface area contributed by atoms with Crippen molar-refractivity contribution in [2.75, 3.05) is 4.90 Å². The monoisotopic (exact) mass is 908 g/mol. The summed E-state index contributed by atoms with van der Waals surface area (Å²) in [6.45, 7) is 2.63. The lowest BCUT2D eigenvalue weighted by atomic mass is 9.60. The summed E-state index contributed by atoms with van der Waals surface area (Å²) in [4.78, 5) is 18.7. The van der Waals surface area contributed by atoms with E-state index in [1.807, 2.05) is 0 Å². The number of para-hydroxylation sites is 5. The van der Waals surface area contributed by atoms with Crippen LogP contribution in [0, 0.1) is 17.8 Å². The molecule has 4 aliphatic rings. The maximum Gasteiger partial charge on any atom is 0.163 e. The third-order valence-corrected chi connectivity index (χ3v) is 17.1. The van der Waals surface area contributed by atoms with Crippen molar-refractivity contribution in [1.82, 2.24) is 24.1 Å². The predicted molar refractivity (Wildman–Crippen MR) is 287 cm³/mol. The van der Waals surface area contributed by atoms with E-state index in [4.69, 9.17) is 15.0 Å². The summed E-state index contributed by atoms with van der Waals surface area (Å²) >= 11 is 0. The Balaban J connectivity index is 0.893. The highest BCUT2D eigenvalue weighted by atomic mass is 15.2. The van der Waals surface area contributed by atoms with E-state index in [9.17, 15) is 0 Å². The molecule has 2 fully saturated rings. The van der Waals surface area contributed by atoms with Gasteiger partial charge in [-0.2, -0.15) is 0 Å². The predicted octanol–water partition coefficient (Wildman–Crippen LogP) is 15.8. The fourth-order valence-corrected chi connectivity index (χ4v) is 14.2. The van der Waals surface area contributed by atoms with Crippen molar-refractivity contribution in [3.63, 3.8) is 0 Å². The van der Waals surface area contributed by atoms with Crippen LogP contribution in [-0.4, -0.2) is 29.6 Å². The van der Waals surface area contributed by atoms with Gasteiger partial charge >= 0.3 is 0 Å². The van der Waals surface area contributed by atoms with Crippen LogP contribution in [0.4, 0.5) is 5.69 Å². The quantitative estimate of drug-likeness (QED) is 0.160. The number of hydrogen-bond acceptors (Lipinski definition) is 4. The zero-order valence-corrected chi connectivity index (χ0v) is 39.7. The first-order valence-corrected chi connectivity index (χ1v) is 25.7.